The van der Waals surface area contributed by atoms with Gasteiger partial charge in [-0.25, -0.2) is 0 Å². The number of hydrogen-bond donors (Lipinski definition) is 2. The van der Waals surface area contributed by atoms with Crippen LogP contribution < -0.4 is 0 Å². The zero-order valence-electron chi connectivity index (χ0n) is 5.95. The molecule has 3 heteroatoms. The lowest BCUT2D eigenvalue weighted by molar-refractivity contribution is -0.132. The molecule has 0 heterocycles. The summed E-state index contributed by atoms with van der Waals surface area (Å²) < 4.78 is 0. The maximum atomic E-state index is 10.9. The van der Waals surface area contributed by atoms with Crippen molar-refractivity contribution in [3.8, 4) is 0 Å². The number of hydrogen-bond acceptors (Lipinski definition) is 3. The van der Waals surface area contributed by atoms with Gasteiger partial charge in [-0.05, 0) is 6.42 Å². The summed E-state index contributed by atoms with van der Waals surface area (Å²) >= 11 is 0. The quantitative estimate of drug-likeness (QED) is 0.491. The first kappa shape index (κ1) is 7.69. The van der Waals surface area contributed by atoms with Gasteiger partial charge in [-0.15, -0.1) is 0 Å². The van der Waals surface area contributed by atoms with Crippen LogP contribution in [0.5, 0.6) is 0 Å². The molecule has 1 fully saturated rings. The van der Waals surface area contributed by atoms with E-state index >= 15 is 0 Å². The van der Waals surface area contributed by atoms with Crippen LogP contribution in [-0.4, -0.2) is 28.2 Å². The molecule has 58 valence electrons. The lowest BCUT2D eigenvalue weighted by Gasteiger charge is -2.26. The van der Waals surface area contributed by atoms with E-state index in [9.17, 15) is 4.79 Å². The first-order valence-electron chi connectivity index (χ1n) is 3.50. The van der Waals surface area contributed by atoms with E-state index in [4.69, 9.17) is 10.2 Å². The van der Waals surface area contributed by atoms with Crippen LogP contribution in [-0.2, 0) is 4.79 Å². The third-order valence-corrected chi connectivity index (χ3v) is 2.00. The third-order valence-electron chi connectivity index (χ3n) is 2.00. The van der Waals surface area contributed by atoms with Crippen molar-refractivity contribution in [1.29, 1.82) is 0 Å². The second-order valence-electron chi connectivity index (χ2n) is 2.94. The Hall–Kier alpha value is -0.410. The highest BCUT2D eigenvalue weighted by Gasteiger charge is 2.30. The molecule has 0 bridgehead atoms. The molecule has 3 nitrogen and oxygen atoms in total. The third kappa shape index (κ3) is 1.36. The summed E-state index contributed by atoms with van der Waals surface area (Å²) in [6.07, 6.45) is -1.01. The topological polar surface area (TPSA) is 57.5 Å². The average molecular weight is 144 g/mol. The summed E-state index contributed by atoms with van der Waals surface area (Å²) in [6, 6.07) is 0. The summed E-state index contributed by atoms with van der Waals surface area (Å²) in [7, 11) is 0. The fourth-order valence-corrected chi connectivity index (χ4v) is 1.19. The van der Waals surface area contributed by atoms with E-state index in [0.717, 1.165) is 0 Å². The summed E-state index contributed by atoms with van der Waals surface area (Å²) in [6.45, 7) is 1.78. The molecule has 0 amide bonds. The predicted octanol–water partition coefficient (Wildman–Crippen LogP) is -0.293. The van der Waals surface area contributed by atoms with Gasteiger partial charge in [-0.2, -0.15) is 0 Å². The summed E-state index contributed by atoms with van der Waals surface area (Å²) in [4.78, 5) is 10.9. The Morgan fingerprint density at radius 3 is 2.50 bits per heavy atom. The summed E-state index contributed by atoms with van der Waals surface area (Å²) in [5.41, 5.74) is 0. The Bertz CT molecular complexity index is 144. The molecule has 0 aromatic carbocycles. The normalized spacial score (nSPS) is 41.9. The van der Waals surface area contributed by atoms with Gasteiger partial charge in [0, 0.05) is 12.3 Å². The van der Waals surface area contributed by atoms with Crippen molar-refractivity contribution in [1.82, 2.24) is 0 Å². The van der Waals surface area contributed by atoms with Crippen LogP contribution in [0, 0.1) is 5.92 Å². The van der Waals surface area contributed by atoms with Gasteiger partial charge in [-0.3, -0.25) is 4.79 Å². The first-order valence-corrected chi connectivity index (χ1v) is 3.50. The monoisotopic (exact) mass is 144 g/mol. The Morgan fingerprint density at radius 2 is 2.00 bits per heavy atom. The van der Waals surface area contributed by atoms with Crippen LogP contribution in [0.25, 0.3) is 0 Å². The van der Waals surface area contributed by atoms with Crippen molar-refractivity contribution in [3.63, 3.8) is 0 Å². The number of aliphatic hydroxyl groups is 2. The Kier molecular flexibility index (Phi) is 2.06. The first-order chi connectivity index (χ1) is 4.61. The van der Waals surface area contributed by atoms with E-state index < -0.39 is 12.2 Å². The molecule has 1 saturated carbocycles. The summed E-state index contributed by atoms with van der Waals surface area (Å²) in [5.74, 6) is -0.0313. The minimum atomic E-state index is -0.830. The van der Waals surface area contributed by atoms with E-state index in [1.807, 2.05) is 0 Å². The molecule has 0 aliphatic heterocycles. The number of carbonyl (C=O) groups excluding carboxylic acids is 1. The Balaban J connectivity index is 2.54. The van der Waals surface area contributed by atoms with E-state index in [0.29, 0.717) is 6.42 Å². The number of rotatable bonds is 0. The van der Waals surface area contributed by atoms with Gasteiger partial charge in [0.05, 0.1) is 12.2 Å². The standard InChI is InChI=1S/C7H12O3/c1-4-2-6(9)7(10)3-5(4)8/h4,6-7,9-10H,2-3H2,1H3/t4-,6+,7+/m0/s1. The molecule has 1 rings (SSSR count). The maximum absolute atomic E-state index is 10.9. The Morgan fingerprint density at radius 1 is 1.40 bits per heavy atom. The highest BCUT2D eigenvalue weighted by molar-refractivity contribution is 5.82. The summed E-state index contributed by atoms with van der Waals surface area (Å²) in [5, 5.41) is 18.1. The SMILES string of the molecule is C[C@H]1C[C@@H](O)[C@H](O)CC1=O. The molecule has 0 saturated heterocycles. The molecular formula is C7H12O3. The largest absolute Gasteiger partial charge is 0.390 e. The van der Waals surface area contributed by atoms with Gasteiger partial charge in [0.1, 0.15) is 5.78 Å². The number of aliphatic hydroxyl groups excluding tert-OH is 2. The van der Waals surface area contributed by atoms with Gasteiger partial charge in [0.15, 0.2) is 0 Å². The molecule has 3 atom stereocenters. The molecule has 0 aromatic heterocycles. The van der Waals surface area contributed by atoms with Crippen molar-refractivity contribution in [2.24, 2.45) is 5.92 Å². The van der Waals surface area contributed by atoms with Gasteiger partial charge in [0.2, 0.25) is 0 Å². The zero-order valence-corrected chi connectivity index (χ0v) is 5.95. The molecule has 1 aliphatic carbocycles. The van der Waals surface area contributed by atoms with Crippen LogP contribution >= 0.6 is 0 Å². The van der Waals surface area contributed by atoms with Gasteiger partial charge >= 0.3 is 0 Å². The molecular weight excluding hydrogens is 132 g/mol. The van der Waals surface area contributed by atoms with E-state index in [1.165, 1.54) is 0 Å². The second kappa shape index (κ2) is 2.68. The smallest absolute Gasteiger partial charge is 0.138 e. The van der Waals surface area contributed by atoms with E-state index in [-0.39, 0.29) is 18.1 Å². The number of ketones is 1. The Labute approximate surface area is 59.7 Å². The number of Topliss-reactive ketones (excluding diaryl/α,β-unsaturated/α-hetero) is 1. The molecule has 0 radical (unpaired) electrons. The van der Waals surface area contributed by atoms with Gasteiger partial charge in [-0.1, -0.05) is 6.92 Å². The van der Waals surface area contributed by atoms with Crippen LogP contribution in [0.15, 0.2) is 0 Å². The van der Waals surface area contributed by atoms with Crippen LogP contribution in [0.1, 0.15) is 19.8 Å². The van der Waals surface area contributed by atoms with Crippen LogP contribution in [0.2, 0.25) is 0 Å². The van der Waals surface area contributed by atoms with Crippen molar-refractivity contribution >= 4 is 5.78 Å². The molecule has 2 N–H and O–H groups in total. The average Bonchev–Trinajstić information content (AvgIpc) is 1.84. The molecule has 1 aliphatic rings. The number of carbonyl (C=O) groups is 1. The highest BCUT2D eigenvalue weighted by atomic mass is 16.3. The highest BCUT2D eigenvalue weighted by Crippen LogP contribution is 2.20. The minimum Gasteiger partial charge on any atom is -0.390 e. The zero-order chi connectivity index (χ0) is 7.72. The van der Waals surface area contributed by atoms with E-state index in [1.54, 1.807) is 6.92 Å². The van der Waals surface area contributed by atoms with Crippen molar-refractivity contribution < 1.29 is 15.0 Å². The maximum Gasteiger partial charge on any atom is 0.138 e. The van der Waals surface area contributed by atoms with Crippen LogP contribution in [0.4, 0.5) is 0 Å². The van der Waals surface area contributed by atoms with Crippen molar-refractivity contribution in [3.05, 3.63) is 0 Å². The predicted molar refractivity (Wildman–Crippen MR) is 35.4 cm³/mol. The van der Waals surface area contributed by atoms with Crippen molar-refractivity contribution in [2.75, 3.05) is 0 Å². The molecule has 0 aromatic rings. The minimum absolute atomic E-state index is 0.0535. The lowest BCUT2D eigenvalue weighted by Crippen LogP contribution is -2.38. The van der Waals surface area contributed by atoms with Crippen LogP contribution in [0.3, 0.4) is 0 Å². The second-order valence-corrected chi connectivity index (χ2v) is 2.94. The molecule has 10 heavy (non-hydrogen) atoms. The fourth-order valence-electron chi connectivity index (χ4n) is 1.19. The lowest BCUT2D eigenvalue weighted by atomic mass is 9.86. The molecule has 0 spiro atoms. The fraction of sp³-hybridized carbons (Fsp3) is 0.857. The van der Waals surface area contributed by atoms with E-state index in [2.05, 4.69) is 0 Å². The molecule has 0 unspecified atom stereocenters. The van der Waals surface area contributed by atoms with Crippen molar-refractivity contribution in [2.45, 2.75) is 32.0 Å². The van der Waals surface area contributed by atoms with Gasteiger partial charge < -0.3 is 10.2 Å². The van der Waals surface area contributed by atoms with Gasteiger partial charge in [0.25, 0.3) is 0 Å².